The second-order valence-corrected chi connectivity index (χ2v) is 32.3. The molecule has 0 aromatic heterocycles. The Bertz CT molecular complexity index is 3640. The summed E-state index contributed by atoms with van der Waals surface area (Å²) in [5, 5.41) is 67.3. The van der Waals surface area contributed by atoms with E-state index >= 15 is 0 Å². The Morgan fingerprint density at radius 2 is 0.897 bits per heavy atom. The van der Waals surface area contributed by atoms with Crippen LogP contribution in [0.2, 0.25) is 0 Å². The van der Waals surface area contributed by atoms with Crippen LogP contribution in [0.15, 0.2) is 18.2 Å². The van der Waals surface area contributed by atoms with E-state index in [-0.39, 0.29) is 55.5 Å². The van der Waals surface area contributed by atoms with Crippen LogP contribution in [0, 0.1) is 57.5 Å². The summed E-state index contributed by atoms with van der Waals surface area (Å²) >= 11 is 0. The van der Waals surface area contributed by atoms with Gasteiger partial charge >= 0.3 is 59.5 Å². The van der Waals surface area contributed by atoms with Crippen LogP contribution in [0.3, 0.4) is 0 Å². The molecule has 10 N–H and O–H groups in total. The summed E-state index contributed by atoms with van der Waals surface area (Å²) in [5.41, 5.74) is -0.748. The van der Waals surface area contributed by atoms with Gasteiger partial charge in [0.15, 0.2) is 54.5 Å². The maximum atomic E-state index is 15.0. The average molecular weight is 1670 g/mol. The van der Waals surface area contributed by atoms with E-state index in [9.17, 15) is 102 Å². The Hall–Kier alpha value is -9.89. The Labute approximate surface area is 679 Å². The van der Waals surface area contributed by atoms with Gasteiger partial charge in [0.1, 0.15) is 61.2 Å². The number of aliphatic carboxylic acids is 1. The Morgan fingerprint density at radius 1 is 0.521 bits per heavy atom. The number of nitrogens with one attached hydrogen (secondary N) is 6. The van der Waals surface area contributed by atoms with E-state index in [1.165, 1.54) is 61.6 Å². The van der Waals surface area contributed by atoms with Crippen LogP contribution in [0.25, 0.3) is 0 Å². The molecule has 0 bridgehead atoms. The molecule has 1 saturated carbocycles. The second kappa shape index (κ2) is 46.3. The summed E-state index contributed by atoms with van der Waals surface area (Å²) in [4.78, 5) is 222. The van der Waals surface area contributed by atoms with E-state index in [4.69, 9.17) is 47.4 Å². The highest BCUT2D eigenvalue weighted by atomic mass is 16.7. The van der Waals surface area contributed by atoms with E-state index in [0.717, 1.165) is 43.2 Å². The van der Waals surface area contributed by atoms with Gasteiger partial charge in [-0.1, -0.05) is 135 Å². The Balaban J connectivity index is 1.72. The number of esters is 7. The number of hydrogen-bond acceptors (Lipinski definition) is 30. The predicted octanol–water partition coefficient (Wildman–Crippen LogP) is 2.94. The fourth-order valence-corrected chi connectivity index (χ4v) is 12.5. The Morgan fingerprint density at radius 3 is 1.29 bits per heavy atom. The van der Waals surface area contributed by atoms with Gasteiger partial charge < -0.3 is 105 Å². The number of nitro benzene ring substituents is 1. The number of carboxylic acid groups (broad SMARTS) is 1. The van der Waals surface area contributed by atoms with Crippen LogP contribution in [-0.4, -0.2) is 243 Å². The maximum Gasteiger partial charge on any atom is 0.409 e. The molecule has 39 heteroatoms. The van der Waals surface area contributed by atoms with Crippen molar-refractivity contribution in [2.24, 2.45) is 47.3 Å². The Kier molecular flexibility index (Phi) is 39.4. The highest BCUT2D eigenvalue weighted by Crippen LogP contribution is 2.34. The van der Waals surface area contributed by atoms with Crippen LogP contribution < -0.4 is 36.6 Å². The first kappa shape index (κ1) is 99.5. The number of carbonyl (C=O) groups excluding carboxylic acids is 14. The summed E-state index contributed by atoms with van der Waals surface area (Å²) in [6.45, 7) is 26.2. The minimum Gasteiger partial charge on any atom is -0.479 e. The molecular formula is C78H120N8O31. The number of carboxylic acids is 1. The number of carbonyl (C=O) groups is 15. The first-order valence-corrected chi connectivity index (χ1v) is 39.5. The van der Waals surface area contributed by atoms with E-state index < -0.39 is 258 Å². The quantitative estimate of drug-likeness (QED) is 0.0326. The minimum absolute atomic E-state index is 0.0236. The van der Waals surface area contributed by atoms with Crippen molar-refractivity contribution in [3.05, 3.63) is 33.9 Å². The number of aliphatic hydroxyl groups is 3. The van der Waals surface area contributed by atoms with Crippen molar-refractivity contribution in [3.8, 4) is 5.75 Å². The molecular weight excluding hydrogens is 1540 g/mol. The van der Waals surface area contributed by atoms with Crippen molar-refractivity contribution >= 4 is 95.0 Å². The summed E-state index contributed by atoms with van der Waals surface area (Å²) in [5.74, 6) is -21.3. The lowest BCUT2D eigenvalue weighted by molar-refractivity contribution is -0.387. The van der Waals surface area contributed by atoms with Gasteiger partial charge in [0.05, 0.1) is 4.92 Å². The first-order valence-electron chi connectivity index (χ1n) is 39.5. The van der Waals surface area contributed by atoms with Gasteiger partial charge in [0.2, 0.25) is 6.29 Å². The molecule has 18 atom stereocenters. The molecule has 7 amide bonds. The third kappa shape index (κ3) is 30.5. The molecule has 4 rings (SSSR count). The van der Waals surface area contributed by atoms with Crippen molar-refractivity contribution in [3.63, 3.8) is 0 Å². The maximum absolute atomic E-state index is 15.0. The SMILES string of the molecule is CC(C)C[C@H]1OC(=O)C(C(C)C)NC(=O)[C@H](C)OC(=O)C(C(C)C)NC(=O)[C@@H](CC(C)C)OC(=O)C(C(C)C)NC(=O)[C@H](C)OC(=O)[C@@H](C(C)C)NC(=O)[C@@H](CC2CCCCC2)OC(=O)[C@H]([C@@H](C)OC(=O)CCCN(C)C(=O)OCc2ccc(O[C@@H]3O[C@H](C(=O)O)[C@@H](O)[C@H](O)[C@H]3O)c([N+](=O)[O-])c2)NC(=O)[C@H](C)OC(=O)[C@@H](C(C)C)NC1=O. The van der Waals surface area contributed by atoms with Crippen molar-refractivity contribution in [1.29, 1.82) is 0 Å². The molecule has 2 saturated heterocycles. The number of nitrogens with zero attached hydrogens (tertiary/aromatic N) is 2. The fraction of sp³-hybridized carbons (Fsp3) is 0.731. The summed E-state index contributed by atoms with van der Waals surface area (Å²) in [6, 6.07) is -6.47. The molecule has 2 aliphatic heterocycles. The molecule has 0 radical (unpaired) electrons. The van der Waals surface area contributed by atoms with Gasteiger partial charge in [-0.15, -0.1) is 0 Å². The number of ether oxygens (including phenoxy) is 10. The second-order valence-electron chi connectivity index (χ2n) is 32.3. The number of amides is 7. The molecule has 3 unspecified atom stereocenters. The van der Waals surface area contributed by atoms with Gasteiger partial charge in [0.25, 0.3) is 35.4 Å². The molecule has 39 nitrogen and oxygen atoms in total. The van der Waals surface area contributed by atoms with Crippen LogP contribution in [0.1, 0.15) is 194 Å². The van der Waals surface area contributed by atoms with Crippen molar-refractivity contribution in [2.45, 2.75) is 305 Å². The lowest BCUT2D eigenvalue weighted by atomic mass is 9.85. The molecule has 0 spiro atoms. The molecule has 3 aliphatic rings. The topological polar surface area (TPSA) is 548 Å². The van der Waals surface area contributed by atoms with Crippen LogP contribution >= 0.6 is 0 Å². The number of hydrogen-bond donors (Lipinski definition) is 10. The lowest BCUT2D eigenvalue weighted by Gasteiger charge is -2.38. The van der Waals surface area contributed by atoms with Gasteiger partial charge in [-0.2, -0.15) is 0 Å². The average Bonchev–Trinajstić information content (AvgIpc) is 0.796. The van der Waals surface area contributed by atoms with Gasteiger partial charge in [-0.05, 0) is 112 Å². The molecule has 2 heterocycles. The molecule has 3 fully saturated rings. The van der Waals surface area contributed by atoms with Crippen LogP contribution in [-0.2, 0) is 116 Å². The highest BCUT2D eigenvalue weighted by Gasteiger charge is 2.49. The summed E-state index contributed by atoms with van der Waals surface area (Å²) in [6.07, 6.45) is -20.7. The van der Waals surface area contributed by atoms with Crippen LogP contribution in [0.5, 0.6) is 5.75 Å². The number of benzene rings is 1. The largest absolute Gasteiger partial charge is 0.479 e. The molecule has 117 heavy (non-hydrogen) atoms. The standard InChI is InChI=1S/C78H120N8O31/c1-35(2)30-50-67(94)81-54(37(5)6)71(99)110-43(16)64(91)79-57(40(11)12)74(102)114-51(31-36(3)4)68(95)82-55(38(7)8)72(100)112-45(18)66(93)84-59(76(104)115-52(33-46-24-21-20-22-25-46)69(96)83-56(39(9)10)73(101)111-44(17)65(92)80-58(41(13)14)75(103)113-50)42(15)109-53(87)26-23-29-85(19)78(105)108-34-47-27-28-49(48(32-47)86(106)107)116-77-62(90)60(88)61(89)63(117-77)70(97)98/h27-28,32,35-46,50-52,54-63,77,88-90H,20-26,29-31,33-34H2,1-19H3,(H,79,91)(H,80,92)(H,81,94)(H,82,95)(H,83,96)(H,84,93)(H,97,98)/t42-,43+,44+,45+,50-,51-,52-,54?,55-,56-,57?,58?,59+,60+,61+,62-,63+,77-/m1/s1. The van der Waals surface area contributed by atoms with Crippen LogP contribution in [0.4, 0.5) is 10.5 Å². The van der Waals surface area contributed by atoms with E-state index in [2.05, 4.69) is 31.9 Å². The van der Waals surface area contributed by atoms with Crippen molar-refractivity contribution in [1.82, 2.24) is 36.8 Å². The molecule has 658 valence electrons. The van der Waals surface area contributed by atoms with Gasteiger partial charge in [-0.25, -0.2) is 38.4 Å². The fourth-order valence-electron chi connectivity index (χ4n) is 12.5. The predicted molar refractivity (Wildman–Crippen MR) is 408 cm³/mol. The summed E-state index contributed by atoms with van der Waals surface area (Å²) < 4.78 is 55.9. The monoisotopic (exact) mass is 1660 g/mol. The molecule has 1 aromatic carbocycles. The van der Waals surface area contributed by atoms with Gasteiger partial charge in [0, 0.05) is 26.1 Å². The number of rotatable bonds is 23. The molecule has 1 aliphatic carbocycles. The third-order valence-electron chi connectivity index (χ3n) is 19.5. The van der Waals surface area contributed by atoms with Crippen molar-refractivity contribution in [2.75, 3.05) is 13.6 Å². The van der Waals surface area contributed by atoms with E-state index in [1.807, 2.05) is 0 Å². The lowest BCUT2D eigenvalue weighted by Crippen LogP contribution is -2.61. The number of nitro groups is 1. The zero-order valence-electron chi connectivity index (χ0n) is 69.9. The van der Waals surface area contributed by atoms with Crippen molar-refractivity contribution < 1.29 is 145 Å². The molecule has 1 aromatic rings. The number of aliphatic hydroxyl groups excluding tert-OH is 3. The zero-order chi connectivity index (χ0) is 88.5. The first-order chi connectivity index (χ1) is 54.5. The normalized spacial score (nSPS) is 28.0. The van der Waals surface area contributed by atoms with E-state index in [0.29, 0.717) is 12.8 Å². The third-order valence-corrected chi connectivity index (χ3v) is 19.5. The van der Waals surface area contributed by atoms with Gasteiger partial charge in [-0.3, -0.25) is 43.7 Å². The summed E-state index contributed by atoms with van der Waals surface area (Å²) in [7, 11) is 1.28. The minimum atomic E-state index is -2.08. The van der Waals surface area contributed by atoms with E-state index in [1.54, 1.807) is 69.2 Å². The zero-order valence-corrected chi connectivity index (χ0v) is 69.9. The smallest absolute Gasteiger partial charge is 0.409 e. The number of cyclic esters (lactones) is 6. The highest BCUT2D eigenvalue weighted by molar-refractivity contribution is 5.96.